The zero-order valence-corrected chi connectivity index (χ0v) is 11.0. The highest BCUT2D eigenvalue weighted by Crippen LogP contribution is 2.13. The second kappa shape index (κ2) is 5.48. The van der Waals surface area contributed by atoms with Crippen LogP contribution in [-0.2, 0) is 0 Å². The molecule has 1 aromatic carbocycles. The molecule has 0 aliphatic carbocycles. The number of aromatic carboxylic acids is 1. The summed E-state index contributed by atoms with van der Waals surface area (Å²) in [6.07, 6.45) is 0. The minimum Gasteiger partial charge on any atom is -0.478 e. The molecule has 0 unspecified atom stereocenters. The average Bonchev–Trinajstić information content (AvgIpc) is 2.41. The Kier molecular flexibility index (Phi) is 3.74. The molecule has 20 heavy (non-hydrogen) atoms. The number of hydrogen-bond donors (Lipinski definition) is 2. The van der Waals surface area contributed by atoms with E-state index in [1.165, 1.54) is 12.1 Å². The molecule has 0 saturated carbocycles. The standard InChI is InChI=1S/C14H13N3O3/c1-8-6-12(9(2)17-16-8)13(18)15-11-5-3-4-10(7-11)14(19)20/h3-7H,1-2H3,(H,15,18)(H,19,20). The molecule has 1 heterocycles. The number of anilines is 1. The first-order chi connectivity index (χ1) is 9.47. The summed E-state index contributed by atoms with van der Waals surface area (Å²) in [6, 6.07) is 7.69. The highest BCUT2D eigenvalue weighted by atomic mass is 16.4. The number of carbonyl (C=O) groups excluding carboxylic acids is 1. The highest BCUT2D eigenvalue weighted by molar-refractivity contribution is 6.05. The number of carboxylic acid groups (broad SMARTS) is 1. The number of aryl methyl sites for hydroxylation is 2. The minimum atomic E-state index is -1.04. The molecule has 0 spiro atoms. The fraction of sp³-hybridized carbons (Fsp3) is 0.143. The molecule has 1 aromatic heterocycles. The molecule has 6 nitrogen and oxygen atoms in total. The molecule has 1 amide bonds. The van der Waals surface area contributed by atoms with Gasteiger partial charge >= 0.3 is 5.97 Å². The third-order valence-corrected chi connectivity index (χ3v) is 2.71. The molecule has 0 radical (unpaired) electrons. The van der Waals surface area contributed by atoms with Crippen LogP contribution >= 0.6 is 0 Å². The lowest BCUT2D eigenvalue weighted by Gasteiger charge is -2.08. The van der Waals surface area contributed by atoms with Crippen molar-refractivity contribution in [1.82, 2.24) is 10.2 Å². The maximum atomic E-state index is 12.1. The lowest BCUT2D eigenvalue weighted by molar-refractivity contribution is 0.0696. The van der Waals surface area contributed by atoms with Crippen LogP contribution < -0.4 is 5.32 Å². The molecule has 2 N–H and O–H groups in total. The van der Waals surface area contributed by atoms with Crippen LogP contribution in [0.2, 0.25) is 0 Å². The summed E-state index contributed by atoms with van der Waals surface area (Å²) < 4.78 is 0. The summed E-state index contributed by atoms with van der Waals surface area (Å²) >= 11 is 0. The van der Waals surface area contributed by atoms with E-state index in [2.05, 4.69) is 15.5 Å². The van der Waals surface area contributed by atoms with Crippen molar-refractivity contribution < 1.29 is 14.7 Å². The van der Waals surface area contributed by atoms with Crippen LogP contribution in [0.3, 0.4) is 0 Å². The molecule has 0 bridgehead atoms. The van der Waals surface area contributed by atoms with Gasteiger partial charge in [-0.2, -0.15) is 10.2 Å². The molecular weight excluding hydrogens is 258 g/mol. The Hall–Kier alpha value is -2.76. The van der Waals surface area contributed by atoms with Gasteiger partial charge in [-0.15, -0.1) is 0 Å². The Labute approximate surface area is 115 Å². The van der Waals surface area contributed by atoms with Gasteiger partial charge in [0.25, 0.3) is 5.91 Å². The zero-order valence-electron chi connectivity index (χ0n) is 11.0. The zero-order chi connectivity index (χ0) is 14.7. The Balaban J connectivity index is 2.25. The van der Waals surface area contributed by atoms with Gasteiger partial charge in [-0.3, -0.25) is 4.79 Å². The van der Waals surface area contributed by atoms with Gasteiger partial charge in [-0.25, -0.2) is 4.79 Å². The molecule has 0 aliphatic heterocycles. The summed E-state index contributed by atoms with van der Waals surface area (Å²) in [5.74, 6) is -1.39. The Morgan fingerprint density at radius 3 is 2.60 bits per heavy atom. The van der Waals surface area contributed by atoms with Crippen molar-refractivity contribution in [1.29, 1.82) is 0 Å². The monoisotopic (exact) mass is 271 g/mol. The van der Waals surface area contributed by atoms with Crippen LogP contribution in [0.5, 0.6) is 0 Å². The predicted octanol–water partition coefficient (Wildman–Crippen LogP) is 2.04. The van der Waals surface area contributed by atoms with Gasteiger partial charge in [-0.1, -0.05) is 6.07 Å². The minimum absolute atomic E-state index is 0.114. The molecule has 2 rings (SSSR count). The van der Waals surface area contributed by atoms with Crippen LogP contribution in [0, 0.1) is 13.8 Å². The number of nitrogens with zero attached hydrogens (tertiary/aromatic N) is 2. The molecular formula is C14H13N3O3. The topological polar surface area (TPSA) is 92.2 Å². The van der Waals surface area contributed by atoms with E-state index in [9.17, 15) is 9.59 Å². The number of amides is 1. The number of nitrogens with one attached hydrogen (secondary N) is 1. The number of rotatable bonds is 3. The van der Waals surface area contributed by atoms with Crippen LogP contribution in [0.15, 0.2) is 30.3 Å². The summed E-state index contributed by atoms with van der Waals surface area (Å²) in [6.45, 7) is 3.43. The van der Waals surface area contributed by atoms with Gasteiger partial charge in [0.15, 0.2) is 0 Å². The van der Waals surface area contributed by atoms with Crippen LogP contribution in [0.25, 0.3) is 0 Å². The van der Waals surface area contributed by atoms with Gasteiger partial charge in [0, 0.05) is 5.69 Å². The highest BCUT2D eigenvalue weighted by Gasteiger charge is 2.12. The van der Waals surface area contributed by atoms with Crippen LogP contribution in [0.1, 0.15) is 32.1 Å². The summed E-state index contributed by atoms with van der Waals surface area (Å²) in [7, 11) is 0. The third-order valence-electron chi connectivity index (χ3n) is 2.71. The number of carbonyl (C=O) groups is 2. The van der Waals surface area contributed by atoms with Crippen molar-refractivity contribution in [3.8, 4) is 0 Å². The largest absolute Gasteiger partial charge is 0.478 e. The molecule has 0 saturated heterocycles. The SMILES string of the molecule is Cc1cc(C(=O)Nc2cccc(C(=O)O)c2)c(C)nn1. The van der Waals surface area contributed by atoms with Crippen LogP contribution in [0.4, 0.5) is 5.69 Å². The summed E-state index contributed by atoms with van der Waals surface area (Å²) in [5, 5.41) is 19.3. The predicted molar refractivity (Wildman–Crippen MR) is 72.9 cm³/mol. The van der Waals surface area contributed by atoms with Gasteiger partial charge in [0.1, 0.15) is 0 Å². The number of carboxylic acids is 1. The van der Waals surface area contributed by atoms with E-state index < -0.39 is 5.97 Å². The maximum absolute atomic E-state index is 12.1. The average molecular weight is 271 g/mol. The summed E-state index contributed by atoms with van der Waals surface area (Å²) in [4.78, 5) is 23.0. The number of hydrogen-bond acceptors (Lipinski definition) is 4. The van der Waals surface area contributed by atoms with Crippen molar-refractivity contribution >= 4 is 17.6 Å². The quantitative estimate of drug-likeness (QED) is 0.891. The maximum Gasteiger partial charge on any atom is 0.335 e. The van der Waals surface area contributed by atoms with Crippen molar-refractivity contribution in [3.05, 3.63) is 52.8 Å². The second-order valence-electron chi connectivity index (χ2n) is 4.32. The third kappa shape index (κ3) is 2.97. The fourth-order valence-corrected chi connectivity index (χ4v) is 1.71. The van der Waals surface area contributed by atoms with E-state index in [1.54, 1.807) is 32.0 Å². The lowest BCUT2D eigenvalue weighted by atomic mass is 10.1. The van der Waals surface area contributed by atoms with Crippen molar-refractivity contribution in [3.63, 3.8) is 0 Å². The van der Waals surface area contributed by atoms with E-state index in [0.29, 0.717) is 22.6 Å². The normalized spacial score (nSPS) is 10.1. The van der Waals surface area contributed by atoms with Crippen molar-refractivity contribution in [2.75, 3.05) is 5.32 Å². The van der Waals surface area contributed by atoms with E-state index >= 15 is 0 Å². The first-order valence-electron chi connectivity index (χ1n) is 5.93. The lowest BCUT2D eigenvalue weighted by Crippen LogP contribution is -2.15. The molecule has 0 aliphatic rings. The molecule has 2 aromatic rings. The van der Waals surface area contributed by atoms with Gasteiger partial charge in [0.2, 0.25) is 0 Å². The van der Waals surface area contributed by atoms with E-state index in [0.717, 1.165) is 0 Å². The molecule has 0 fully saturated rings. The smallest absolute Gasteiger partial charge is 0.335 e. The second-order valence-corrected chi connectivity index (χ2v) is 4.32. The van der Waals surface area contributed by atoms with E-state index in [-0.39, 0.29) is 11.5 Å². The van der Waals surface area contributed by atoms with Crippen molar-refractivity contribution in [2.45, 2.75) is 13.8 Å². The van der Waals surface area contributed by atoms with Crippen molar-refractivity contribution in [2.24, 2.45) is 0 Å². The van der Waals surface area contributed by atoms with Gasteiger partial charge in [0.05, 0.1) is 22.5 Å². The molecule has 102 valence electrons. The first-order valence-corrected chi connectivity index (χ1v) is 5.93. The number of benzene rings is 1. The van der Waals surface area contributed by atoms with Crippen LogP contribution in [-0.4, -0.2) is 27.2 Å². The summed E-state index contributed by atoms with van der Waals surface area (Å²) in [5.41, 5.74) is 2.10. The van der Waals surface area contributed by atoms with Gasteiger partial charge in [-0.05, 0) is 38.1 Å². The van der Waals surface area contributed by atoms with E-state index in [4.69, 9.17) is 5.11 Å². The molecule has 6 heteroatoms. The van der Waals surface area contributed by atoms with Gasteiger partial charge < -0.3 is 10.4 Å². The fourth-order valence-electron chi connectivity index (χ4n) is 1.71. The first kappa shape index (κ1) is 13.7. The Morgan fingerprint density at radius 2 is 1.90 bits per heavy atom. The Morgan fingerprint density at radius 1 is 1.15 bits per heavy atom. The number of aromatic nitrogens is 2. The van der Waals surface area contributed by atoms with E-state index in [1.807, 2.05) is 0 Å². The molecule has 0 atom stereocenters. The Bertz CT molecular complexity index is 683.